The van der Waals surface area contributed by atoms with Crippen molar-refractivity contribution in [3.8, 4) is 11.5 Å². The zero-order valence-electron chi connectivity index (χ0n) is 12.1. The Labute approximate surface area is 119 Å². The van der Waals surface area contributed by atoms with Gasteiger partial charge in [0.05, 0.1) is 33.5 Å². The van der Waals surface area contributed by atoms with Gasteiger partial charge < -0.3 is 19.5 Å². The van der Waals surface area contributed by atoms with Crippen LogP contribution < -0.4 is 14.8 Å². The van der Waals surface area contributed by atoms with Gasteiger partial charge in [-0.15, -0.1) is 0 Å². The van der Waals surface area contributed by atoms with Crippen LogP contribution in [0, 0.1) is 0 Å². The number of nitrogens with zero attached hydrogens (tertiary/aromatic N) is 1. The van der Waals surface area contributed by atoms with Crippen LogP contribution in [0.5, 0.6) is 11.5 Å². The van der Waals surface area contributed by atoms with Gasteiger partial charge in [-0.25, -0.2) is 0 Å². The fraction of sp³-hybridized carbons (Fsp3) is 0.600. The van der Waals surface area contributed by atoms with Crippen LogP contribution in [0.1, 0.15) is 17.2 Å². The van der Waals surface area contributed by atoms with Crippen molar-refractivity contribution in [2.24, 2.45) is 0 Å². The molecule has 0 aliphatic carbocycles. The Kier molecular flexibility index (Phi) is 4.10. The number of hydrogen-bond acceptors (Lipinski definition) is 5. The summed E-state index contributed by atoms with van der Waals surface area (Å²) in [6.45, 7) is 5.31. The second kappa shape index (κ2) is 5.99. The molecule has 2 aliphatic rings. The fourth-order valence-corrected chi connectivity index (χ4v) is 3.18. The topological polar surface area (TPSA) is 43.0 Å². The summed E-state index contributed by atoms with van der Waals surface area (Å²) in [5.74, 6) is 1.89. The Morgan fingerprint density at radius 1 is 1.15 bits per heavy atom. The Hall–Kier alpha value is -1.30. The molecule has 2 heterocycles. The van der Waals surface area contributed by atoms with E-state index in [0.717, 1.165) is 50.9 Å². The highest BCUT2D eigenvalue weighted by molar-refractivity contribution is 5.51. The molecular weight excluding hydrogens is 256 g/mol. The minimum absolute atomic E-state index is 0.327. The Morgan fingerprint density at radius 3 is 2.55 bits per heavy atom. The number of methoxy groups -OCH3 is 2. The molecule has 5 heteroatoms. The number of fused-ring (bicyclic) bond motifs is 1. The highest BCUT2D eigenvalue weighted by Crippen LogP contribution is 2.39. The van der Waals surface area contributed by atoms with Crippen molar-refractivity contribution in [2.75, 3.05) is 47.1 Å². The van der Waals surface area contributed by atoms with Crippen LogP contribution in [0.2, 0.25) is 0 Å². The first-order chi connectivity index (χ1) is 9.85. The van der Waals surface area contributed by atoms with Gasteiger partial charge in [0.25, 0.3) is 0 Å². The van der Waals surface area contributed by atoms with Gasteiger partial charge in [0.1, 0.15) is 11.5 Å². The normalized spacial score (nSPS) is 23.2. The standard InChI is InChI=1S/C15H22N2O3/c1-18-13-3-4-14(19-2)15-11(13)9-16-10-12(15)17-5-7-20-8-6-17/h3-4,12,16H,5-10H2,1-2H3/t12-/m1/s1. The van der Waals surface area contributed by atoms with Crippen LogP contribution in [-0.2, 0) is 11.3 Å². The molecule has 1 aromatic carbocycles. The minimum atomic E-state index is 0.327. The molecule has 110 valence electrons. The lowest BCUT2D eigenvalue weighted by atomic mass is 9.93. The van der Waals surface area contributed by atoms with Crippen molar-refractivity contribution in [1.82, 2.24) is 10.2 Å². The maximum Gasteiger partial charge on any atom is 0.124 e. The molecule has 0 aromatic heterocycles. The van der Waals surface area contributed by atoms with Gasteiger partial charge in [-0.05, 0) is 12.1 Å². The third-order valence-electron chi connectivity index (χ3n) is 4.17. The van der Waals surface area contributed by atoms with Crippen molar-refractivity contribution >= 4 is 0 Å². The average Bonchev–Trinajstić information content (AvgIpc) is 2.54. The molecule has 1 aromatic rings. The molecule has 1 N–H and O–H groups in total. The highest BCUT2D eigenvalue weighted by Gasteiger charge is 2.31. The summed E-state index contributed by atoms with van der Waals surface area (Å²) < 4.78 is 16.6. The van der Waals surface area contributed by atoms with Gasteiger partial charge in [0, 0.05) is 37.3 Å². The number of ether oxygens (including phenoxy) is 3. The van der Waals surface area contributed by atoms with Crippen molar-refractivity contribution in [3.05, 3.63) is 23.3 Å². The number of benzene rings is 1. The third-order valence-corrected chi connectivity index (χ3v) is 4.17. The van der Waals surface area contributed by atoms with Crippen molar-refractivity contribution < 1.29 is 14.2 Å². The quantitative estimate of drug-likeness (QED) is 0.899. The van der Waals surface area contributed by atoms with E-state index >= 15 is 0 Å². The lowest BCUT2D eigenvalue weighted by molar-refractivity contribution is 0.0140. The summed E-state index contributed by atoms with van der Waals surface area (Å²) in [4.78, 5) is 2.47. The molecule has 1 fully saturated rings. The fourth-order valence-electron chi connectivity index (χ4n) is 3.18. The smallest absolute Gasteiger partial charge is 0.124 e. The predicted octanol–water partition coefficient (Wildman–Crippen LogP) is 1.18. The number of rotatable bonds is 3. The molecule has 5 nitrogen and oxygen atoms in total. The van der Waals surface area contributed by atoms with Crippen LogP contribution in [0.15, 0.2) is 12.1 Å². The lowest BCUT2D eigenvalue weighted by Gasteiger charge is -2.39. The van der Waals surface area contributed by atoms with Crippen LogP contribution in [-0.4, -0.2) is 52.0 Å². The first kappa shape index (κ1) is 13.7. The monoisotopic (exact) mass is 278 g/mol. The van der Waals surface area contributed by atoms with Gasteiger partial charge in [-0.3, -0.25) is 4.90 Å². The van der Waals surface area contributed by atoms with Gasteiger partial charge in [-0.2, -0.15) is 0 Å². The van der Waals surface area contributed by atoms with E-state index in [1.807, 2.05) is 12.1 Å². The lowest BCUT2D eigenvalue weighted by Crippen LogP contribution is -2.45. The average molecular weight is 278 g/mol. The first-order valence-electron chi connectivity index (χ1n) is 7.11. The van der Waals surface area contributed by atoms with E-state index in [0.29, 0.717) is 6.04 Å². The summed E-state index contributed by atoms with van der Waals surface area (Å²) in [6, 6.07) is 4.32. The molecule has 3 rings (SSSR count). The molecule has 0 amide bonds. The second-order valence-electron chi connectivity index (χ2n) is 5.16. The molecule has 1 saturated heterocycles. The summed E-state index contributed by atoms with van der Waals surface area (Å²) >= 11 is 0. The van der Waals surface area contributed by atoms with E-state index in [2.05, 4.69) is 10.2 Å². The van der Waals surface area contributed by atoms with Crippen molar-refractivity contribution in [2.45, 2.75) is 12.6 Å². The van der Waals surface area contributed by atoms with E-state index in [1.54, 1.807) is 14.2 Å². The van der Waals surface area contributed by atoms with Crippen LogP contribution in [0.25, 0.3) is 0 Å². The minimum Gasteiger partial charge on any atom is -0.496 e. The van der Waals surface area contributed by atoms with Gasteiger partial charge in [-0.1, -0.05) is 0 Å². The van der Waals surface area contributed by atoms with E-state index < -0.39 is 0 Å². The summed E-state index contributed by atoms with van der Waals surface area (Å²) in [5.41, 5.74) is 2.49. The predicted molar refractivity (Wildman–Crippen MR) is 76.4 cm³/mol. The first-order valence-corrected chi connectivity index (χ1v) is 7.11. The van der Waals surface area contributed by atoms with Gasteiger partial charge >= 0.3 is 0 Å². The number of morpholine rings is 1. The van der Waals surface area contributed by atoms with Crippen LogP contribution in [0.4, 0.5) is 0 Å². The van der Waals surface area contributed by atoms with Gasteiger partial charge in [0.2, 0.25) is 0 Å². The Bertz CT molecular complexity index is 472. The molecule has 0 bridgehead atoms. The largest absolute Gasteiger partial charge is 0.496 e. The molecule has 2 aliphatic heterocycles. The highest BCUT2D eigenvalue weighted by atomic mass is 16.5. The maximum atomic E-state index is 5.59. The SMILES string of the molecule is COc1ccc(OC)c2c1CNC[C@H]2N1CCOCC1. The van der Waals surface area contributed by atoms with Crippen LogP contribution in [0.3, 0.4) is 0 Å². The Balaban J connectivity index is 2.01. The van der Waals surface area contributed by atoms with Crippen molar-refractivity contribution in [3.63, 3.8) is 0 Å². The summed E-state index contributed by atoms with van der Waals surface area (Å²) in [6.07, 6.45) is 0. The zero-order valence-corrected chi connectivity index (χ0v) is 12.1. The molecular formula is C15H22N2O3. The maximum absolute atomic E-state index is 5.59. The van der Waals surface area contributed by atoms with E-state index in [1.165, 1.54) is 11.1 Å². The zero-order chi connectivity index (χ0) is 13.9. The van der Waals surface area contributed by atoms with Crippen molar-refractivity contribution in [1.29, 1.82) is 0 Å². The molecule has 0 saturated carbocycles. The van der Waals surface area contributed by atoms with E-state index in [9.17, 15) is 0 Å². The Morgan fingerprint density at radius 2 is 1.85 bits per heavy atom. The third kappa shape index (κ3) is 2.37. The van der Waals surface area contributed by atoms with E-state index in [4.69, 9.17) is 14.2 Å². The number of hydrogen-bond donors (Lipinski definition) is 1. The molecule has 0 radical (unpaired) electrons. The summed E-state index contributed by atoms with van der Waals surface area (Å²) in [7, 11) is 3.46. The van der Waals surface area contributed by atoms with E-state index in [-0.39, 0.29) is 0 Å². The molecule has 0 spiro atoms. The second-order valence-corrected chi connectivity index (χ2v) is 5.16. The van der Waals surface area contributed by atoms with Gasteiger partial charge in [0.15, 0.2) is 0 Å². The van der Waals surface area contributed by atoms with Crippen LogP contribution >= 0.6 is 0 Å². The number of nitrogens with one attached hydrogen (secondary N) is 1. The molecule has 20 heavy (non-hydrogen) atoms. The summed E-state index contributed by atoms with van der Waals surface area (Å²) in [5, 5.41) is 3.50. The molecule has 1 atom stereocenters. The molecule has 0 unspecified atom stereocenters.